The molecule has 0 saturated heterocycles. The van der Waals surface area contributed by atoms with Crippen LogP contribution in [0.25, 0.3) is 0 Å². The molecule has 4 heteroatoms. The van der Waals surface area contributed by atoms with Crippen molar-refractivity contribution in [3.63, 3.8) is 0 Å². The number of rotatable bonds is 7. The summed E-state index contributed by atoms with van der Waals surface area (Å²) in [5, 5.41) is 0. The topological polar surface area (TPSA) is 37.4 Å². The van der Waals surface area contributed by atoms with Gasteiger partial charge >= 0.3 is 0 Å². The monoisotopic (exact) mass is 221 g/mol. The zero-order valence-corrected chi connectivity index (χ0v) is 10.6. The molecule has 0 saturated carbocycles. The van der Waals surface area contributed by atoms with Crippen LogP contribution >= 0.6 is 0 Å². The van der Waals surface area contributed by atoms with Gasteiger partial charge in [0.1, 0.15) is 0 Å². The first-order valence-electron chi connectivity index (χ1n) is 5.32. The zero-order valence-electron chi connectivity index (χ0n) is 9.69. The molecule has 86 valence electrons. The molecule has 0 bridgehead atoms. The van der Waals surface area contributed by atoms with Crippen LogP contribution in [0, 0.1) is 11.8 Å². The molecule has 0 aliphatic carbocycles. The number of hydrogen-bond acceptors (Lipinski definition) is 2. The summed E-state index contributed by atoms with van der Waals surface area (Å²) in [6, 6.07) is 0. The van der Waals surface area contributed by atoms with Crippen LogP contribution in [0.5, 0.6) is 0 Å². The third kappa shape index (κ3) is 7.33. The maximum absolute atomic E-state index is 10.9. The van der Waals surface area contributed by atoms with E-state index in [4.69, 9.17) is 0 Å². The Kier molecular flexibility index (Phi) is 7.19. The molecule has 0 rings (SSSR count). The molecule has 0 aromatic carbocycles. The van der Waals surface area contributed by atoms with Crippen molar-refractivity contribution >= 4 is 10.9 Å². The largest absolute Gasteiger partial charge is 0.215 e. The Bertz CT molecular complexity index is 192. The molecular formula is C10H23NO2S. The van der Waals surface area contributed by atoms with Gasteiger partial charge in [0.25, 0.3) is 0 Å². The molecule has 0 N–H and O–H groups in total. The Morgan fingerprint density at radius 3 is 1.50 bits per heavy atom. The Morgan fingerprint density at radius 1 is 0.929 bits per heavy atom. The Hall–Kier alpha value is -0.0900. The minimum absolute atomic E-state index is 0.562. The summed E-state index contributed by atoms with van der Waals surface area (Å²) in [6.45, 7) is 9.78. The molecule has 0 spiro atoms. The van der Waals surface area contributed by atoms with Gasteiger partial charge in [-0.1, -0.05) is 27.7 Å². The fourth-order valence-electron chi connectivity index (χ4n) is 1.09. The maximum atomic E-state index is 10.9. The van der Waals surface area contributed by atoms with E-state index in [-0.39, 0.29) is 0 Å². The molecule has 0 atom stereocenters. The Morgan fingerprint density at radius 2 is 1.29 bits per heavy atom. The van der Waals surface area contributed by atoms with Gasteiger partial charge in [-0.3, -0.25) is 0 Å². The lowest BCUT2D eigenvalue weighted by atomic mass is 10.1. The second-order valence-electron chi connectivity index (χ2n) is 4.56. The minimum atomic E-state index is -2.39. The van der Waals surface area contributed by atoms with Crippen LogP contribution < -0.4 is 0 Å². The van der Waals surface area contributed by atoms with Crippen molar-refractivity contribution in [2.45, 2.75) is 40.5 Å². The second kappa shape index (κ2) is 7.23. The van der Waals surface area contributed by atoms with E-state index < -0.39 is 10.9 Å². The normalized spacial score (nSPS) is 12.3. The van der Waals surface area contributed by atoms with E-state index in [0.29, 0.717) is 24.9 Å². The number of nitrogens with zero attached hydrogens (tertiary/aromatic N) is 1. The molecule has 0 fully saturated rings. The van der Waals surface area contributed by atoms with Crippen molar-refractivity contribution in [3.8, 4) is 0 Å². The van der Waals surface area contributed by atoms with Gasteiger partial charge in [-0.15, -0.1) is 0 Å². The van der Waals surface area contributed by atoms with Gasteiger partial charge in [-0.25, -0.2) is 12.7 Å². The lowest BCUT2D eigenvalue weighted by Gasteiger charge is -2.17. The van der Waals surface area contributed by atoms with Crippen molar-refractivity contribution in [2.24, 2.45) is 11.8 Å². The zero-order chi connectivity index (χ0) is 11.1. The molecule has 3 nitrogen and oxygen atoms in total. The van der Waals surface area contributed by atoms with Gasteiger partial charge in [0.15, 0.2) is 0 Å². The van der Waals surface area contributed by atoms with E-state index >= 15 is 0 Å². The van der Waals surface area contributed by atoms with Crippen LogP contribution in [0.4, 0.5) is 0 Å². The fraction of sp³-hybridized carbons (Fsp3) is 1.00. The van der Waals surface area contributed by atoms with Crippen molar-refractivity contribution in [1.82, 2.24) is 4.31 Å². The summed E-state index contributed by atoms with van der Waals surface area (Å²) in [6.07, 6.45) is 1.89. The lowest BCUT2D eigenvalue weighted by Crippen LogP contribution is -2.26. The van der Waals surface area contributed by atoms with Crippen LogP contribution in [0.3, 0.4) is 0 Å². The SMILES string of the molecule is CC(C)CCN(CCC(C)C)[SH](=O)=O. The van der Waals surface area contributed by atoms with Gasteiger partial charge in [0.2, 0.25) is 10.9 Å². The van der Waals surface area contributed by atoms with E-state index in [0.717, 1.165) is 12.8 Å². The first-order valence-corrected chi connectivity index (χ1v) is 6.45. The number of hydrogen-bond donors (Lipinski definition) is 1. The van der Waals surface area contributed by atoms with Gasteiger partial charge < -0.3 is 0 Å². The van der Waals surface area contributed by atoms with Crippen LogP contribution in [0.2, 0.25) is 0 Å². The Balaban J connectivity index is 3.91. The standard InChI is InChI=1S/C10H23NO2S/c1-9(2)5-7-11(14(12)13)8-6-10(3)4/h9-10,14H,5-8H2,1-4H3. The van der Waals surface area contributed by atoms with E-state index in [1.165, 1.54) is 0 Å². The summed E-state index contributed by atoms with van der Waals surface area (Å²) in [7, 11) is -2.39. The van der Waals surface area contributed by atoms with E-state index in [1.54, 1.807) is 4.31 Å². The molecule has 0 amide bonds. The third-order valence-corrected chi connectivity index (χ3v) is 3.02. The van der Waals surface area contributed by atoms with Gasteiger partial charge in [-0.05, 0) is 24.7 Å². The molecule has 14 heavy (non-hydrogen) atoms. The quantitative estimate of drug-likeness (QED) is 0.667. The van der Waals surface area contributed by atoms with Gasteiger partial charge in [0.05, 0.1) is 0 Å². The summed E-state index contributed by atoms with van der Waals surface area (Å²) < 4.78 is 23.3. The van der Waals surface area contributed by atoms with Crippen LogP contribution in [-0.2, 0) is 10.9 Å². The fourth-order valence-corrected chi connectivity index (χ4v) is 1.65. The summed E-state index contributed by atoms with van der Waals surface area (Å²) in [5.74, 6) is 1.12. The average Bonchev–Trinajstić information content (AvgIpc) is 2.02. The van der Waals surface area contributed by atoms with Gasteiger partial charge in [-0.2, -0.15) is 0 Å². The van der Waals surface area contributed by atoms with E-state index in [2.05, 4.69) is 27.7 Å². The predicted molar refractivity (Wildman–Crippen MR) is 60.8 cm³/mol. The van der Waals surface area contributed by atoms with Crippen molar-refractivity contribution < 1.29 is 8.42 Å². The van der Waals surface area contributed by atoms with Gasteiger partial charge in [0, 0.05) is 13.1 Å². The highest BCUT2D eigenvalue weighted by Crippen LogP contribution is 2.06. The third-order valence-electron chi connectivity index (χ3n) is 2.16. The Labute approximate surface area is 89.6 Å². The minimum Gasteiger partial charge on any atom is -0.215 e. The molecule has 0 aliphatic rings. The van der Waals surface area contributed by atoms with Crippen LogP contribution in [0.15, 0.2) is 0 Å². The van der Waals surface area contributed by atoms with Crippen molar-refractivity contribution in [2.75, 3.05) is 13.1 Å². The maximum Gasteiger partial charge on any atom is 0.203 e. The molecule has 0 aliphatic heterocycles. The van der Waals surface area contributed by atoms with Crippen molar-refractivity contribution in [1.29, 1.82) is 0 Å². The smallest absolute Gasteiger partial charge is 0.203 e. The predicted octanol–water partition coefficient (Wildman–Crippen LogP) is 1.91. The molecule has 0 aromatic rings. The van der Waals surface area contributed by atoms with E-state index in [9.17, 15) is 8.42 Å². The molecule has 0 heterocycles. The number of thiol groups is 1. The molecular weight excluding hydrogens is 198 g/mol. The highest BCUT2D eigenvalue weighted by molar-refractivity contribution is 7.69. The van der Waals surface area contributed by atoms with E-state index in [1.807, 2.05) is 0 Å². The van der Waals surface area contributed by atoms with Crippen molar-refractivity contribution in [3.05, 3.63) is 0 Å². The van der Waals surface area contributed by atoms with Crippen LogP contribution in [0.1, 0.15) is 40.5 Å². The average molecular weight is 221 g/mol. The lowest BCUT2D eigenvalue weighted by molar-refractivity contribution is 0.366. The molecule has 0 radical (unpaired) electrons. The molecule has 0 unspecified atom stereocenters. The molecule has 0 aromatic heterocycles. The summed E-state index contributed by atoms with van der Waals surface area (Å²) in [4.78, 5) is 0. The summed E-state index contributed by atoms with van der Waals surface area (Å²) in [5.41, 5.74) is 0. The highest BCUT2D eigenvalue weighted by atomic mass is 32.2. The first-order chi connectivity index (χ1) is 6.43. The first kappa shape index (κ1) is 13.9. The second-order valence-corrected chi connectivity index (χ2v) is 5.60. The summed E-state index contributed by atoms with van der Waals surface area (Å²) >= 11 is 0. The highest BCUT2D eigenvalue weighted by Gasteiger charge is 2.08. The van der Waals surface area contributed by atoms with Crippen LogP contribution in [-0.4, -0.2) is 25.8 Å².